The fourth-order valence-electron chi connectivity index (χ4n) is 8.39. The zero-order valence-electron chi connectivity index (χ0n) is 36.7. The normalized spacial score (nSPS) is 11.7. The van der Waals surface area contributed by atoms with Crippen molar-refractivity contribution in [2.24, 2.45) is 0 Å². The van der Waals surface area contributed by atoms with Crippen molar-refractivity contribution in [3.05, 3.63) is 207 Å². The standard InChI is InChI=1S/C56H46N4O.CH3.Pt/c1-55(2,3)41-30-31-57-54(34-41)60-51-33-40(46-22-13-14-23-49(46)56(4,5)6)24-27-47(51)48-28-26-45(36-52(48)60)61-44-21-15-20-43(35-44)59-37-58(42-18-11-8-12-19-42)53-32-39(25-29-50(53)59)38-16-9-7-10-17-38;;/h7-34H,1-6H3;1H3;/q-2;-1;+4. The second-order valence-electron chi connectivity index (χ2n) is 17.8. The van der Waals surface area contributed by atoms with Crippen LogP contribution >= 0.6 is 0 Å². The monoisotopic (exact) mass is 1000 g/mol. The summed E-state index contributed by atoms with van der Waals surface area (Å²) in [4.78, 5) is 4.97. The van der Waals surface area contributed by atoms with Gasteiger partial charge in [0, 0.05) is 23.2 Å². The Hall–Kier alpha value is -6.55. The number of para-hydroxylation sites is 1. The van der Waals surface area contributed by atoms with Gasteiger partial charge in [0.1, 0.15) is 5.82 Å². The van der Waals surface area contributed by atoms with Crippen LogP contribution in [0.2, 0.25) is 0 Å². The zero-order chi connectivity index (χ0) is 41.9. The minimum atomic E-state index is -0.0564. The molecule has 312 valence electrons. The zero-order valence-corrected chi connectivity index (χ0v) is 39.0. The van der Waals surface area contributed by atoms with E-state index < -0.39 is 0 Å². The molecule has 0 saturated heterocycles. The van der Waals surface area contributed by atoms with Gasteiger partial charge in [0.05, 0.1) is 16.7 Å². The Balaban J connectivity index is 0.00000272. The number of rotatable bonds is 7. The number of nitrogens with zero attached hydrogens (tertiary/aromatic N) is 4. The second kappa shape index (κ2) is 17.0. The molecule has 0 aliphatic carbocycles. The van der Waals surface area contributed by atoms with Crippen LogP contribution in [0.5, 0.6) is 11.5 Å². The molecule has 5 nitrogen and oxygen atoms in total. The molecule has 7 aromatic carbocycles. The van der Waals surface area contributed by atoms with Crippen LogP contribution in [0.25, 0.3) is 72.3 Å². The largest absolute Gasteiger partial charge is 4.00 e. The van der Waals surface area contributed by atoms with Crippen LogP contribution in [-0.2, 0) is 31.9 Å². The number of hydrogen-bond donors (Lipinski definition) is 0. The number of hydrogen-bond acceptors (Lipinski definition) is 2. The predicted molar refractivity (Wildman–Crippen MR) is 255 cm³/mol. The van der Waals surface area contributed by atoms with E-state index >= 15 is 0 Å². The van der Waals surface area contributed by atoms with E-state index in [0.29, 0.717) is 11.5 Å². The first-order valence-electron chi connectivity index (χ1n) is 20.9. The summed E-state index contributed by atoms with van der Waals surface area (Å²) in [5.74, 6) is 2.00. The molecular formula is C57H49N4OPt+. The molecule has 10 aromatic rings. The van der Waals surface area contributed by atoms with Gasteiger partial charge in [0.2, 0.25) is 0 Å². The van der Waals surface area contributed by atoms with Crippen molar-refractivity contribution in [3.8, 4) is 50.9 Å². The molecule has 0 unspecified atom stereocenters. The molecule has 0 fully saturated rings. The summed E-state index contributed by atoms with van der Waals surface area (Å²) in [5, 5.41) is 2.20. The molecule has 0 aliphatic heterocycles. The van der Waals surface area contributed by atoms with Gasteiger partial charge in [0.25, 0.3) is 6.33 Å². The van der Waals surface area contributed by atoms with Gasteiger partial charge in [-0.1, -0.05) is 144 Å². The first-order chi connectivity index (χ1) is 29.5. The van der Waals surface area contributed by atoms with Crippen LogP contribution in [0.4, 0.5) is 0 Å². The molecule has 0 N–H and O–H groups in total. The third-order valence-electron chi connectivity index (χ3n) is 11.5. The van der Waals surface area contributed by atoms with E-state index in [4.69, 9.17) is 9.72 Å². The van der Waals surface area contributed by atoms with Gasteiger partial charge in [0.15, 0.2) is 0 Å². The molecule has 0 amide bonds. The van der Waals surface area contributed by atoms with Crippen molar-refractivity contribution in [1.29, 1.82) is 0 Å². The molecular weight excluding hydrogens is 952 g/mol. The van der Waals surface area contributed by atoms with Gasteiger partial charge in [-0.05, 0) is 91.7 Å². The summed E-state index contributed by atoms with van der Waals surface area (Å²) in [6.45, 7) is 13.5. The minimum Gasteiger partial charge on any atom is -0.510 e. The van der Waals surface area contributed by atoms with E-state index in [0.717, 1.165) is 66.7 Å². The van der Waals surface area contributed by atoms with Crippen LogP contribution in [0.15, 0.2) is 170 Å². The van der Waals surface area contributed by atoms with Crippen LogP contribution in [0.1, 0.15) is 52.7 Å². The second-order valence-corrected chi connectivity index (χ2v) is 17.8. The van der Waals surface area contributed by atoms with Crippen LogP contribution in [0.3, 0.4) is 0 Å². The van der Waals surface area contributed by atoms with Gasteiger partial charge in [-0.25, -0.2) is 4.98 Å². The third-order valence-corrected chi connectivity index (χ3v) is 11.5. The smallest absolute Gasteiger partial charge is 0.510 e. The average Bonchev–Trinajstić information content (AvgIpc) is 3.82. The summed E-state index contributed by atoms with van der Waals surface area (Å²) >= 11 is 0. The van der Waals surface area contributed by atoms with Crippen molar-refractivity contribution in [2.45, 2.75) is 52.4 Å². The Labute approximate surface area is 385 Å². The van der Waals surface area contributed by atoms with Crippen molar-refractivity contribution in [2.75, 3.05) is 0 Å². The summed E-state index contributed by atoms with van der Waals surface area (Å²) in [6.07, 6.45) is 5.54. The summed E-state index contributed by atoms with van der Waals surface area (Å²) in [5.41, 5.74) is 13.0. The molecule has 63 heavy (non-hydrogen) atoms. The predicted octanol–water partition coefficient (Wildman–Crippen LogP) is 14.0. The van der Waals surface area contributed by atoms with Gasteiger partial charge in [-0.2, -0.15) is 18.2 Å². The van der Waals surface area contributed by atoms with Crippen LogP contribution < -0.4 is 9.30 Å². The van der Waals surface area contributed by atoms with E-state index in [1.807, 2.05) is 42.6 Å². The Morgan fingerprint density at radius 3 is 2.03 bits per heavy atom. The third kappa shape index (κ3) is 8.15. The van der Waals surface area contributed by atoms with Gasteiger partial charge >= 0.3 is 21.1 Å². The number of aromatic nitrogens is 4. The van der Waals surface area contributed by atoms with Crippen molar-refractivity contribution >= 4 is 32.8 Å². The number of pyridine rings is 1. The van der Waals surface area contributed by atoms with E-state index in [1.54, 1.807) is 0 Å². The maximum atomic E-state index is 6.66. The molecule has 0 bridgehead atoms. The van der Waals surface area contributed by atoms with Crippen molar-refractivity contribution in [1.82, 2.24) is 14.1 Å². The van der Waals surface area contributed by atoms with Crippen molar-refractivity contribution in [3.63, 3.8) is 0 Å². The average molecular weight is 1000 g/mol. The fraction of sp³-hybridized carbons (Fsp3) is 0.140. The molecule has 10 rings (SSSR count). The molecule has 0 saturated carbocycles. The SMILES string of the molecule is CC(C)(C)c1ccnc(-n2c3[c-]c(Oc4[c-]c(-n5[c-][n+](-c6ccccc6)c6cc(-c7ccccc7)ccc65)ccc4)ccc3c3ccc(-c4ccccc4C(C)(C)C)cc32)c1.[CH3-].[Pt+4]. The topological polar surface area (TPSA) is 35.9 Å². The number of imidazole rings is 1. The van der Waals surface area contributed by atoms with Crippen LogP contribution in [-0.4, -0.2) is 14.1 Å². The van der Waals surface area contributed by atoms with Gasteiger partial charge < -0.3 is 21.3 Å². The number of ether oxygens (including phenoxy) is 1. The van der Waals surface area contributed by atoms with Gasteiger partial charge in [-0.3, -0.25) is 4.57 Å². The van der Waals surface area contributed by atoms with E-state index in [9.17, 15) is 0 Å². The molecule has 0 aliphatic rings. The van der Waals surface area contributed by atoms with Crippen LogP contribution in [0, 0.1) is 25.9 Å². The van der Waals surface area contributed by atoms with E-state index in [-0.39, 0.29) is 39.3 Å². The van der Waals surface area contributed by atoms with E-state index in [2.05, 4.69) is 201 Å². The Morgan fingerprint density at radius 1 is 0.571 bits per heavy atom. The first kappa shape index (κ1) is 43.1. The van der Waals surface area contributed by atoms with Crippen molar-refractivity contribution < 1.29 is 30.4 Å². The summed E-state index contributed by atoms with van der Waals surface area (Å²) in [6, 6.07) is 64.6. The Morgan fingerprint density at radius 2 is 1.27 bits per heavy atom. The number of fused-ring (bicyclic) bond motifs is 4. The van der Waals surface area contributed by atoms with E-state index in [1.165, 1.54) is 16.7 Å². The molecule has 0 radical (unpaired) electrons. The quantitative estimate of drug-likeness (QED) is 0.118. The fourth-order valence-corrected chi connectivity index (χ4v) is 8.39. The van der Waals surface area contributed by atoms with Gasteiger partial charge in [-0.15, -0.1) is 29.7 Å². The minimum absolute atomic E-state index is 0. The first-order valence-corrected chi connectivity index (χ1v) is 20.9. The molecule has 3 aromatic heterocycles. The Kier molecular flexibility index (Phi) is 11.6. The maximum Gasteiger partial charge on any atom is 4.00 e. The summed E-state index contributed by atoms with van der Waals surface area (Å²) < 4.78 is 13.1. The molecule has 0 spiro atoms. The summed E-state index contributed by atoms with van der Waals surface area (Å²) in [7, 11) is 0. The molecule has 6 heteroatoms. The molecule has 3 heterocycles. The maximum absolute atomic E-state index is 6.66. The Bertz CT molecular complexity index is 3240. The molecule has 0 atom stereocenters. The number of benzene rings is 7.